The van der Waals surface area contributed by atoms with Gasteiger partial charge >= 0.3 is 0 Å². The Hall–Kier alpha value is -1.05. The van der Waals surface area contributed by atoms with E-state index in [2.05, 4.69) is 11.4 Å². The molecule has 2 aliphatic rings. The van der Waals surface area contributed by atoms with Gasteiger partial charge in [0, 0.05) is 18.0 Å². The van der Waals surface area contributed by atoms with Crippen LogP contribution in [0.1, 0.15) is 32.1 Å². The fourth-order valence-electron chi connectivity index (χ4n) is 1.99. The van der Waals surface area contributed by atoms with E-state index in [1.54, 1.807) is 0 Å². The highest BCUT2D eigenvalue weighted by atomic mass is 16.1. The molecule has 0 saturated carbocycles. The topological polar surface area (TPSA) is 29.1 Å². The first-order chi connectivity index (χ1) is 6.36. The summed E-state index contributed by atoms with van der Waals surface area (Å²) in [4.78, 5) is 11.3. The van der Waals surface area contributed by atoms with Crippen molar-refractivity contribution in [1.82, 2.24) is 5.32 Å². The van der Waals surface area contributed by atoms with Gasteiger partial charge in [-0.05, 0) is 25.3 Å². The first-order valence-corrected chi connectivity index (χ1v) is 5.03. The predicted octanol–water partition coefficient (Wildman–Crippen LogP) is 2.14. The number of rotatable bonds is 0. The van der Waals surface area contributed by atoms with Crippen LogP contribution in [-0.2, 0) is 4.79 Å². The van der Waals surface area contributed by atoms with Crippen molar-refractivity contribution in [2.45, 2.75) is 32.1 Å². The average molecular weight is 177 g/mol. The zero-order chi connectivity index (χ0) is 9.10. The smallest absolute Gasteiger partial charge is 0.224 e. The summed E-state index contributed by atoms with van der Waals surface area (Å²) in [5.41, 5.74) is 1.13. The number of hydrogen-bond acceptors (Lipinski definition) is 1. The van der Waals surface area contributed by atoms with E-state index >= 15 is 0 Å². The van der Waals surface area contributed by atoms with Gasteiger partial charge < -0.3 is 5.32 Å². The van der Waals surface area contributed by atoms with Gasteiger partial charge in [0.1, 0.15) is 0 Å². The van der Waals surface area contributed by atoms with Crippen LogP contribution in [0.3, 0.4) is 0 Å². The first kappa shape index (κ1) is 8.54. The summed E-state index contributed by atoms with van der Waals surface area (Å²) in [6.07, 6.45) is 11.5. The van der Waals surface area contributed by atoms with Crippen molar-refractivity contribution >= 4 is 5.91 Å². The summed E-state index contributed by atoms with van der Waals surface area (Å²) < 4.78 is 0. The summed E-state index contributed by atoms with van der Waals surface area (Å²) in [5.74, 6) is 0.750. The van der Waals surface area contributed by atoms with Crippen LogP contribution in [0.2, 0.25) is 0 Å². The fraction of sp³-hybridized carbons (Fsp3) is 0.545. The van der Waals surface area contributed by atoms with Crippen LogP contribution in [0, 0.1) is 5.92 Å². The molecule has 2 rings (SSSR count). The van der Waals surface area contributed by atoms with Crippen molar-refractivity contribution in [1.29, 1.82) is 0 Å². The number of hydrogen-bond donors (Lipinski definition) is 1. The minimum absolute atomic E-state index is 0.186. The molecule has 0 bridgehead atoms. The average Bonchev–Trinajstić information content (AvgIpc) is 2.11. The third-order valence-electron chi connectivity index (χ3n) is 2.76. The van der Waals surface area contributed by atoms with Gasteiger partial charge in [-0.1, -0.05) is 18.6 Å². The summed E-state index contributed by atoms with van der Waals surface area (Å²) in [7, 11) is 0. The van der Waals surface area contributed by atoms with Gasteiger partial charge in [0.2, 0.25) is 5.91 Å². The van der Waals surface area contributed by atoms with E-state index < -0.39 is 0 Å². The molecule has 1 amide bonds. The maximum Gasteiger partial charge on any atom is 0.224 e. The van der Waals surface area contributed by atoms with Crippen molar-refractivity contribution in [3.63, 3.8) is 0 Å². The molecular weight excluding hydrogens is 162 g/mol. The lowest BCUT2D eigenvalue weighted by atomic mass is 9.89. The Morgan fingerprint density at radius 2 is 2.31 bits per heavy atom. The number of amides is 1. The molecule has 0 aromatic rings. The molecule has 13 heavy (non-hydrogen) atoms. The number of carbonyl (C=O) groups excluding carboxylic acids is 1. The summed E-state index contributed by atoms with van der Waals surface area (Å²) in [6, 6.07) is 0. The molecule has 1 saturated heterocycles. The third-order valence-corrected chi connectivity index (χ3v) is 2.76. The minimum atomic E-state index is 0.186. The molecular formula is C11H15NO. The van der Waals surface area contributed by atoms with Crippen LogP contribution in [0.15, 0.2) is 23.9 Å². The molecule has 1 N–H and O–H groups in total. The molecule has 1 aliphatic carbocycles. The Labute approximate surface area is 78.7 Å². The van der Waals surface area contributed by atoms with Crippen molar-refractivity contribution in [2.75, 3.05) is 0 Å². The molecule has 0 aromatic carbocycles. The maximum atomic E-state index is 11.3. The first-order valence-electron chi connectivity index (χ1n) is 5.03. The van der Waals surface area contributed by atoms with Gasteiger partial charge in [0.15, 0.2) is 0 Å². The van der Waals surface area contributed by atoms with Crippen molar-refractivity contribution in [3.05, 3.63) is 23.9 Å². The van der Waals surface area contributed by atoms with Crippen molar-refractivity contribution in [2.24, 2.45) is 5.92 Å². The third kappa shape index (κ3) is 2.00. The van der Waals surface area contributed by atoms with E-state index in [0.717, 1.165) is 18.5 Å². The Morgan fingerprint density at radius 1 is 1.38 bits per heavy atom. The van der Waals surface area contributed by atoms with Gasteiger partial charge in [-0.3, -0.25) is 4.79 Å². The van der Waals surface area contributed by atoms with Crippen LogP contribution < -0.4 is 5.32 Å². The van der Waals surface area contributed by atoms with Crippen LogP contribution in [0.25, 0.3) is 0 Å². The van der Waals surface area contributed by atoms with Crippen LogP contribution >= 0.6 is 0 Å². The second kappa shape index (κ2) is 3.77. The van der Waals surface area contributed by atoms with E-state index in [4.69, 9.17) is 0 Å². The van der Waals surface area contributed by atoms with E-state index in [0.29, 0.717) is 12.3 Å². The highest BCUT2D eigenvalue weighted by Crippen LogP contribution is 2.26. The van der Waals surface area contributed by atoms with E-state index in [1.165, 1.54) is 12.8 Å². The molecule has 1 unspecified atom stereocenters. The Morgan fingerprint density at radius 3 is 3.23 bits per heavy atom. The lowest BCUT2D eigenvalue weighted by Gasteiger charge is -2.24. The number of fused-ring (bicyclic) bond motifs is 1. The molecule has 2 heteroatoms. The zero-order valence-electron chi connectivity index (χ0n) is 7.75. The molecule has 1 atom stereocenters. The highest BCUT2D eigenvalue weighted by molar-refractivity contribution is 5.78. The van der Waals surface area contributed by atoms with E-state index in [1.807, 2.05) is 12.2 Å². The standard InChI is InChI=1S/C11H15NO/c13-11-8-4-2-6-9-5-1-3-7-10(9)12-11/h1,3,7,9H,2,4-6,8H2,(H,12,13). The molecule has 1 heterocycles. The van der Waals surface area contributed by atoms with Gasteiger partial charge in [-0.15, -0.1) is 0 Å². The zero-order valence-corrected chi connectivity index (χ0v) is 7.75. The highest BCUT2D eigenvalue weighted by Gasteiger charge is 2.19. The normalized spacial score (nSPS) is 28.2. The monoisotopic (exact) mass is 177 g/mol. The largest absolute Gasteiger partial charge is 0.329 e. The van der Waals surface area contributed by atoms with Crippen LogP contribution in [-0.4, -0.2) is 5.91 Å². The van der Waals surface area contributed by atoms with E-state index in [9.17, 15) is 4.79 Å². The number of carbonyl (C=O) groups is 1. The molecule has 70 valence electrons. The van der Waals surface area contributed by atoms with Crippen LogP contribution in [0.5, 0.6) is 0 Å². The van der Waals surface area contributed by atoms with Gasteiger partial charge in [-0.2, -0.15) is 0 Å². The van der Waals surface area contributed by atoms with Crippen molar-refractivity contribution < 1.29 is 4.79 Å². The fourth-order valence-corrected chi connectivity index (χ4v) is 1.99. The second-order valence-electron chi connectivity index (χ2n) is 3.78. The van der Waals surface area contributed by atoms with Gasteiger partial charge in [-0.25, -0.2) is 0 Å². The van der Waals surface area contributed by atoms with Crippen LogP contribution in [0.4, 0.5) is 0 Å². The lowest BCUT2D eigenvalue weighted by molar-refractivity contribution is -0.120. The molecule has 0 aromatic heterocycles. The Bertz CT molecular complexity index is 265. The minimum Gasteiger partial charge on any atom is -0.329 e. The summed E-state index contributed by atoms with van der Waals surface area (Å²) in [6.45, 7) is 0. The quantitative estimate of drug-likeness (QED) is 0.603. The molecule has 1 fully saturated rings. The predicted molar refractivity (Wildman–Crippen MR) is 51.9 cm³/mol. The molecule has 2 nitrogen and oxygen atoms in total. The molecule has 0 spiro atoms. The number of allylic oxidation sites excluding steroid dienone is 4. The van der Waals surface area contributed by atoms with Gasteiger partial charge in [0.25, 0.3) is 0 Å². The summed E-state index contributed by atoms with van der Waals surface area (Å²) in [5, 5.41) is 2.99. The summed E-state index contributed by atoms with van der Waals surface area (Å²) >= 11 is 0. The van der Waals surface area contributed by atoms with Crippen molar-refractivity contribution in [3.8, 4) is 0 Å². The molecule has 1 aliphatic heterocycles. The lowest BCUT2D eigenvalue weighted by Crippen LogP contribution is -2.29. The Balaban J connectivity index is 2.12. The number of nitrogens with one attached hydrogen (secondary N) is 1. The molecule has 0 radical (unpaired) electrons. The van der Waals surface area contributed by atoms with Gasteiger partial charge in [0.05, 0.1) is 0 Å². The van der Waals surface area contributed by atoms with E-state index in [-0.39, 0.29) is 5.91 Å². The SMILES string of the molecule is O=C1CCCCC2CC=CC=C2N1. The maximum absolute atomic E-state index is 11.3. The second-order valence-corrected chi connectivity index (χ2v) is 3.78. The Kier molecular flexibility index (Phi) is 2.48.